The Morgan fingerprint density at radius 2 is 2.21 bits per heavy atom. The lowest BCUT2D eigenvalue weighted by Crippen LogP contribution is -2.07. The van der Waals surface area contributed by atoms with Crippen LogP contribution in [0.25, 0.3) is 0 Å². The summed E-state index contributed by atoms with van der Waals surface area (Å²) in [5.74, 6) is 7.61. The van der Waals surface area contributed by atoms with Gasteiger partial charge in [-0.25, -0.2) is 4.79 Å². The Morgan fingerprint density at radius 3 is 2.93 bits per heavy atom. The first-order valence-corrected chi connectivity index (χ1v) is 5.48. The summed E-state index contributed by atoms with van der Waals surface area (Å²) < 4.78 is 4.76. The Kier molecular flexibility index (Phi) is 2.77. The van der Waals surface area contributed by atoms with Crippen LogP contribution < -0.4 is 0 Å². The van der Waals surface area contributed by atoms with Crippen LogP contribution in [-0.4, -0.2) is 12.6 Å². The number of hydrogen-bond donors (Lipinski definition) is 0. The van der Waals surface area contributed by atoms with Crippen molar-refractivity contribution in [2.45, 2.75) is 32.6 Å². The summed E-state index contributed by atoms with van der Waals surface area (Å²) in [4.78, 5) is 11.0. The maximum Gasteiger partial charge on any atom is 0.384 e. The maximum absolute atomic E-state index is 11.0. The molecule has 0 radical (unpaired) electrons. The quantitative estimate of drug-likeness (QED) is 0.361. The predicted molar refractivity (Wildman–Crippen MR) is 53.3 cm³/mol. The highest BCUT2D eigenvalue weighted by molar-refractivity contribution is 5.88. The summed E-state index contributed by atoms with van der Waals surface area (Å²) in [5, 5.41) is 0. The molecule has 0 saturated heterocycles. The van der Waals surface area contributed by atoms with Crippen LogP contribution in [0.3, 0.4) is 0 Å². The second-order valence-corrected chi connectivity index (χ2v) is 4.26. The summed E-state index contributed by atoms with van der Waals surface area (Å²) in [6.45, 7) is 2.22. The maximum atomic E-state index is 11.0. The number of fused-ring (bicyclic) bond motifs is 1. The third-order valence-corrected chi connectivity index (χ3v) is 3.20. The molecule has 0 spiro atoms. The molecule has 0 aromatic carbocycles. The summed E-state index contributed by atoms with van der Waals surface area (Å²) in [7, 11) is 0. The van der Waals surface area contributed by atoms with Gasteiger partial charge in [0.25, 0.3) is 0 Å². The molecule has 3 atom stereocenters. The molecule has 2 nitrogen and oxygen atoms in total. The molecular weight excluding hydrogens is 176 g/mol. The van der Waals surface area contributed by atoms with Crippen molar-refractivity contribution in [2.24, 2.45) is 17.8 Å². The molecule has 0 aromatic heterocycles. The number of ether oxygens (including phenoxy) is 1. The van der Waals surface area contributed by atoms with Crippen LogP contribution in [0.15, 0.2) is 0 Å². The number of carbonyl (C=O) groups excluding carboxylic acids is 1. The van der Waals surface area contributed by atoms with E-state index in [2.05, 4.69) is 11.8 Å². The van der Waals surface area contributed by atoms with E-state index in [-0.39, 0.29) is 5.97 Å². The van der Waals surface area contributed by atoms with Crippen LogP contribution in [0, 0.1) is 29.6 Å². The smallest absolute Gasteiger partial charge is 0.384 e. The standard InChI is InChI=1S/C12H16O2/c1-2-14-12(13)6-4-9-3-5-10-8-11(10)7-9/h9-11H,2-3,5,7-8H2,1H3. The van der Waals surface area contributed by atoms with Crippen LogP contribution in [0.4, 0.5) is 0 Å². The van der Waals surface area contributed by atoms with Crippen LogP contribution in [0.1, 0.15) is 32.6 Å². The van der Waals surface area contributed by atoms with Gasteiger partial charge in [0.1, 0.15) is 0 Å². The lowest BCUT2D eigenvalue weighted by molar-refractivity contribution is -0.136. The number of hydrogen-bond acceptors (Lipinski definition) is 2. The van der Waals surface area contributed by atoms with Crippen LogP contribution in [-0.2, 0) is 9.53 Å². The summed E-state index contributed by atoms with van der Waals surface area (Å²) >= 11 is 0. The number of carbonyl (C=O) groups is 1. The molecule has 2 aliphatic carbocycles. The zero-order valence-electron chi connectivity index (χ0n) is 8.58. The predicted octanol–water partition coefficient (Wildman–Crippen LogP) is 1.99. The SMILES string of the molecule is CCOC(=O)C#CC1CCC2CC2C1. The van der Waals surface area contributed by atoms with Crippen molar-refractivity contribution in [1.29, 1.82) is 0 Å². The molecule has 3 unspecified atom stereocenters. The first kappa shape index (κ1) is 9.58. The first-order chi connectivity index (χ1) is 6.79. The zero-order valence-corrected chi connectivity index (χ0v) is 8.58. The monoisotopic (exact) mass is 192 g/mol. The minimum atomic E-state index is -0.370. The zero-order chi connectivity index (χ0) is 9.97. The third-order valence-electron chi connectivity index (χ3n) is 3.20. The van der Waals surface area contributed by atoms with E-state index in [0.717, 1.165) is 11.8 Å². The third kappa shape index (κ3) is 2.29. The second kappa shape index (κ2) is 4.04. The lowest BCUT2D eigenvalue weighted by atomic mass is 9.90. The Hall–Kier alpha value is -0.970. The van der Waals surface area contributed by atoms with E-state index in [9.17, 15) is 4.79 Å². The molecule has 0 N–H and O–H groups in total. The van der Waals surface area contributed by atoms with Gasteiger partial charge in [0, 0.05) is 11.8 Å². The average Bonchev–Trinajstić information content (AvgIpc) is 2.93. The van der Waals surface area contributed by atoms with Gasteiger partial charge in [-0.2, -0.15) is 0 Å². The fraction of sp³-hybridized carbons (Fsp3) is 0.750. The normalized spacial score (nSPS) is 33.6. The molecule has 76 valence electrons. The summed E-state index contributed by atoms with van der Waals surface area (Å²) in [6, 6.07) is 0. The minimum absolute atomic E-state index is 0.370. The molecule has 2 aliphatic rings. The molecule has 0 aliphatic heterocycles. The van der Waals surface area contributed by atoms with Crippen molar-refractivity contribution in [3.05, 3.63) is 0 Å². The number of rotatable bonds is 1. The Morgan fingerprint density at radius 1 is 1.36 bits per heavy atom. The van der Waals surface area contributed by atoms with Gasteiger partial charge < -0.3 is 4.74 Å². The van der Waals surface area contributed by atoms with E-state index in [1.807, 2.05) is 0 Å². The van der Waals surface area contributed by atoms with Gasteiger partial charge in [-0.05, 0) is 44.4 Å². The van der Waals surface area contributed by atoms with Gasteiger partial charge in [0.2, 0.25) is 0 Å². The average molecular weight is 192 g/mol. The van der Waals surface area contributed by atoms with Crippen molar-refractivity contribution in [2.75, 3.05) is 6.61 Å². The van der Waals surface area contributed by atoms with E-state index in [0.29, 0.717) is 12.5 Å². The second-order valence-electron chi connectivity index (χ2n) is 4.26. The highest BCUT2D eigenvalue weighted by atomic mass is 16.5. The molecule has 2 heteroatoms. The summed E-state index contributed by atoms with van der Waals surface area (Å²) in [6.07, 6.45) is 5.09. The minimum Gasteiger partial charge on any atom is -0.456 e. The van der Waals surface area contributed by atoms with Crippen molar-refractivity contribution in [3.63, 3.8) is 0 Å². The molecule has 0 heterocycles. The molecule has 2 fully saturated rings. The van der Waals surface area contributed by atoms with E-state index in [4.69, 9.17) is 4.74 Å². The Bertz CT molecular complexity index is 284. The molecule has 2 rings (SSSR count). The molecule has 2 saturated carbocycles. The van der Waals surface area contributed by atoms with E-state index in [1.54, 1.807) is 6.92 Å². The van der Waals surface area contributed by atoms with Crippen molar-refractivity contribution >= 4 is 5.97 Å². The topological polar surface area (TPSA) is 26.3 Å². The molecule has 0 amide bonds. The van der Waals surface area contributed by atoms with Gasteiger partial charge >= 0.3 is 5.97 Å². The van der Waals surface area contributed by atoms with Crippen molar-refractivity contribution in [1.82, 2.24) is 0 Å². The number of esters is 1. The highest BCUT2D eigenvalue weighted by Gasteiger charge is 2.41. The molecule has 0 bridgehead atoms. The highest BCUT2D eigenvalue weighted by Crippen LogP contribution is 2.51. The van der Waals surface area contributed by atoms with Gasteiger partial charge in [0.15, 0.2) is 0 Å². The van der Waals surface area contributed by atoms with Gasteiger partial charge in [-0.1, -0.05) is 5.92 Å². The van der Waals surface area contributed by atoms with Crippen LogP contribution in [0.5, 0.6) is 0 Å². The molecular formula is C12H16O2. The van der Waals surface area contributed by atoms with Gasteiger partial charge in [-0.3, -0.25) is 0 Å². The summed E-state index contributed by atoms with van der Waals surface area (Å²) in [5.41, 5.74) is 0. The van der Waals surface area contributed by atoms with E-state index >= 15 is 0 Å². The first-order valence-electron chi connectivity index (χ1n) is 5.48. The largest absolute Gasteiger partial charge is 0.456 e. The van der Waals surface area contributed by atoms with Gasteiger partial charge in [0.05, 0.1) is 6.61 Å². The molecule has 14 heavy (non-hydrogen) atoms. The lowest BCUT2D eigenvalue weighted by Gasteiger charge is -2.14. The fourth-order valence-corrected chi connectivity index (χ4v) is 2.31. The van der Waals surface area contributed by atoms with Crippen LogP contribution in [0.2, 0.25) is 0 Å². The van der Waals surface area contributed by atoms with E-state index in [1.165, 1.54) is 25.7 Å². The van der Waals surface area contributed by atoms with Gasteiger partial charge in [-0.15, -0.1) is 0 Å². The Balaban J connectivity index is 1.80. The van der Waals surface area contributed by atoms with Crippen LogP contribution >= 0.6 is 0 Å². The Labute approximate surface area is 85.0 Å². The van der Waals surface area contributed by atoms with Crippen molar-refractivity contribution < 1.29 is 9.53 Å². The fourth-order valence-electron chi connectivity index (χ4n) is 2.31. The van der Waals surface area contributed by atoms with E-state index < -0.39 is 0 Å². The van der Waals surface area contributed by atoms with Crippen molar-refractivity contribution in [3.8, 4) is 11.8 Å². The molecule has 0 aromatic rings.